The van der Waals surface area contributed by atoms with Gasteiger partial charge >= 0.3 is 11.9 Å². The standard InChI is InChI=1S/C25H27F3N6O/c1-4-5-10-21-22(25(26,27)28)34(16(2)3)24(35)33(21)15-17-11-13-18(14-12-17)19-8-6-7-9-20(19)23-29-31-32-30-23/h6-9,11-14,16H,4-5,10,15H2,1-3H3,(H,29,30,31,32). The SMILES string of the molecule is CCCCc1c(C(F)(F)F)n(C(C)C)c(=O)n1Cc1ccc(-c2ccccc2-c2nn[nH]n2)cc1. The second-order valence-electron chi connectivity index (χ2n) is 8.71. The van der Waals surface area contributed by atoms with Crippen molar-refractivity contribution in [3.05, 3.63) is 76.0 Å². The van der Waals surface area contributed by atoms with Crippen LogP contribution in [-0.2, 0) is 19.1 Å². The molecule has 35 heavy (non-hydrogen) atoms. The number of alkyl halides is 3. The van der Waals surface area contributed by atoms with Crippen molar-refractivity contribution < 1.29 is 13.2 Å². The van der Waals surface area contributed by atoms with E-state index in [0.717, 1.165) is 33.2 Å². The van der Waals surface area contributed by atoms with Crippen LogP contribution in [0.4, 0.5) is 13.2 Å². The summed E-state index contributed by atoms with van der Waals surface area (Å²) in [5, 5.41) is 14.2. The number of hydrogen-bond acceptors (Lipinski definition) is 4. The van der Waals surface area contributed by atoms with Crippen LogP contribution in [0, 0.1) is 0 Å². The van der Waals surface area contributed by atoms with Crippen LogP contribution in [0.15, 0.2) is 53.3 Å². The Morgan fingerprint density at radius 3 is 2.29 bits per heavy atom. The second-order valence-corrected chi connectivity index (χ2v) is 8.71. The van der Waals surface area contributed by atoms with E-state index in [4.69, 9.17) is 0 Å². The van der Waals surface area contributed by atoms with E-state index >= 15 is 0 Å². The number of H-pyrrole nitrogens is 1. The predicted molar refractivity (Wildman–Crippen MR) is 127 cm³/mol. The smallest absolute Gasteiger partial charge is 0.291 e. The second kappa shape index (κ2) is 9.89. The number of rotatable bonds is 8. The minimum absolute atomic E-state index is 0.0459. The fraction of sp³-hybridized carbons (Fsp3) is 0.360. The Balaban J connectivity index is 1.73. The number of benzene rings is 2. The van der Waals surface area contributed by atoms with Gasteiger partial charge < -0.3 is 0 Å². The van der Waals surface area contributed by atoms with Crippen LogP contribution < -0.4 is 5.69 Å². The van der Waals surface area contributed by atoms with Crippen molar-refractivity contribution in [1.29, 1.82) is 0 Å². The van der Waals surface area contributed by atoms with Gasteiger partial charge in [-0.2, -0.15) is 18.4 Å². The van der Waals surface area contributed by atoms with Gasteiger partial charge in [-0.3, -0.25) is 9.13 Å². The molecule has 0 aliphatic rings. The topological polar surface area (TPSA) is 81.4 Å². The minimum Gasteiger partial charge on any atom is -0.291 e. The Kier molecular flexibility index (Phi) is 6.90. The van der Waals surface area contributed by atoms with Gasteiger partial charge in [0.1, 0.15) is 5.69 Å². The van der Waals surface area contributed by atoms with Crippen molar-refractivity contribution in [3.63, 3.8) is 0 Å². The molecule has 184 valence electrons. The minimum atomic E-state index is -4.61. The van der Waals surface area contributed by atoms with Gasteiger partial charge in [-0.15, -0.1) is 10.2 Å². The highest BCUT2D eigenvalue weighted by Crippen LogP contribution is 2.34. The van der Waals surface area contributed by atoms with Crippen LogP contribution in [0.5, 0.6) is 0 Å². The van der Waals surface area contributed by atoms with Crippen molar-refractivity contribution >= 4 is 0 Å². The summed E-state index contributed by atoms with van der Waals surface area (Å²) in [5.41, 5.74) is 1.90. The van der Waals surface area contributed by atoms with Crippen LogP contribution in [0.3, 0.4) is 0 Å². The van der Waals surface area contributed by atoms with Gasteiger partial charge in [0.15, 0.2) is 0 Å². The largest absolute Gasteiger partial charge is 0.433 e. The first-order chi connectivity index (χ1) is 16.7. The summed E-state index contributed by atoms with van der Waals surface area (Å²) in [6.07, 6.45) is -3.12. The number of nitrogens with zero attached hydrogens (tertiary/aromatic N) is 5. The average Bonchev–Trinajstić information content (AvgIpc) is 3.45. The molecule has 4 aromatic rings. The van der Waals surface area contributed by atoms with Gasteiger partial charge in [0, 0.05) is 11.6 Å². The quantitative estimate of drug-likeness (QED) is 0.359. The Bertz CT molecular complexity index is 1340. The van der Waals surface area contributed by atoms with E-state index in [0.29, 0.717) is 12.2 Å². The van der Waals surface area contributed by atoms with E-state index in [-0.39, 0.29) is 18.7 Å². The lowest BCUT2D eigenvalue weighted by atomic mass is 9.98. The van der Waals surface area contributed by atoms with Gasteiger partial charge in [-0.25, -0.2) is 4.79 Å². The Labute approximate surface area is 200 Å². The highest BCUT2D eigenvalue weighted by atomic mass is 19.4. The number of hydrogen-bond donors (Lipinski definition) is 1. The monoisotopic (exact) mass is 484 g/mol. The molecule has 0 radical (unpaired) electrons. The van der Waals surface area contributed by atoms with Crippen molar-refractivity contribution in [2.45, 2.75) is 58.8 Å². The zero-order valence-electron chi connectivity index (χ0n) is 19.8. The molecule has 0 saturated heterocycles. The fourth-order valence-corrected chi connectivity index (χ4v) is 4.33. The molecule has 4 rings (SSSR count). The Morgan fingerprint density at radius 2 is 1.71 bits per heavy atom. The maximum Gasteiger partial charge on any atom is 0.433 e. The summed E-state index contributed by atoms with van der Waals surface area (Å²) in [5.74, 6) is 0.464. The maximum absolute atomic E-state index is 14.0. The summed E-state index contributed by atoms with van der Waals surface area (Å²) >= 11 is 0. The van der Waals surface area contributed by atoms with Crippen molar-refractivity contribution in [1.82, 2.24) is 29.8 Å². The molecule has 0 aliphatic heterocycles. The number of aromatic nitrogens is 6. The summed E-state index contributed by atoms with van der Waals surface area (Å²) in [7, 11) is 0. The van der Waals surface area contributed by atoms with E-state index in [1.165, 1.54) is 4.57 Å². The zero-order chi connectivity index (χ0) is 25.2. The molecular weight excluding hydrogens is 457 g/mol. The van der Waals surface area contributed by atoms with Gasteiger partial charge in [0.05, 0.1) is 12.2 Å². The van der Waals surface area contributed by atoms with E-state index in [2.05, 4.69) is 20.6 Å². The van der Waals surface area contributed by atoms with E-state index < -0.39 is 23.6 Å². The highest BCUT2D eigenvalue weighted by molar-refractivity contribution is 5.80. The third-order valence-electron chi connectivity index (χ3n) is 5.95. The molecule has 0 bridgehead atoms. The molecule has 0 atom stereocenters. The molecule has 2 aromatic heterocycles. The summed E-state index contributed by atoms with van der Waals surface area (Å²) in [6, 6.07) is 14.4. The Hall–Kier alpha value is -3.69. The van der Waals surface area contributed by atoms with Gasteiger partial charge in [0.25, 0.3) is 0 Å². The summed E-state index contributed by atoms with van der Waals surface area (Å²) in [4.78, 5) is 13.1. The highest BCUT2D eigenvalue weighted by Gasteiger charge is 2.41. The molecule has 10 heteroatoms. The van der Waals surface area contributed by atoms with Crippen molar-refractivity contribution in [3.8, 4) is 22.5 Å². The van der Waals surface area contributed by atoms with Gasteiger partial charge in [0.2, 0.25) is 5.82 Å². The first-order valence-corrected chi connectivity index (χ1v) is 11.6. The van der Waals surface area contributed by atoms with Crippen LogP contribution in [-0.4, -0.2) is 29.8 Å². The third kappa shape index (κ3) is 4.91. The molecule has 1 N–H and O–H groups in total. The lowest BCUT2D eigenvalue weighted by Gasteiger charge is -2.15. The number of imidazole rings is 1. The maximum atomic E-state index is 14.0. The van der Waals surface area contributed by atoms with E-state index in [1.807, 2.05) is 55.5 Å². The molecule has 7 nitrogen and oxygen atoms in total. The molecule has 0 fully saturated rings. The average molecular weight is 485 g/mol. The first-order valence-electron chi connectivity index (χ1n) is 11.6. The molecule has 2 heterocycles. The summed E-state index contributed by atoms with van der Waals surface area (Å²) in [6.45, 7) is 5.18. The molecule has 0 amide bonds. The van der Waals surface area contributed by atoms with Crippen LogP contribution in [0.2, 0.25) is 0 Å². The lowest BCUT2D eigenvalue weighted by molar-refractivity contribution is -0.144. The molecule has 0 aliphatic carbocycles. The molecule has 2 aromatic carbocycles. The van der Waals surface area contributed by atoms with E-state index in [9.17, 15) is 18.0 Å². The lowest BCUT2D eigenvalue weighted by Crippen LogP contribution is -2.28. The number of tetrazole rings is 1. The Morgan fingerprint density at radius 1 is 1.03 bits per heavy atom. The van der Waals surface area contributed by atoms with E-state index in [1.54, 1.807) is 13.8 Å². The molecule has 0 spiro atoms. The normalized spacial score (nSPS) is 12.0. The van der Waals surface area contributed by atoms with Crippen molar-refractivity contribution in [2.24, 2.45) is 0 Å². The molecule has 0 saturated carbocycles. The first kappa shape index (κ1) is 24.4. The third-order valence-corrected chi connectivity index (χ3v) is 5.95. The number of aromatic amines is 1. The van der Waals surface area contributed by atoms with Gasteiger partial charge in [-0.05, 0) is 48.6 Å². The predicted octanol–water partition coefficient (Wildman–Crippen LogP) is 5.49. The van der Waals surface area contributed by atoms with Crippen molar-refractivity contribution in [2.75, 3.05) is 0 Å². The number of unbranched alkanes of at least 4 members (excludes halogenated alkanes) is 1. The number of halogens is 3. The van der Waals surface area contributed by atoms with Crippen LogP contribution in [0.25, 0.3) is 22.5 Å². The fourth-order valence-electron chi connectivity index (χ4n) is 4.33. The number of nitrogens with one attached hydrogen (secondary N) is 1. The molecule has 0 unspecified atom stereocenters. The zero-order valence-corrected chi connectivity index (χ0v) is 19.8. The van der Waals surface area contributed by atoms with Crippen LogP contribution >= 0.6 is 0 Å². The summed E-state index contributed by atoms with van der Waals surface area (Å²) < 4.78 is 44.3. The molecular formula is C25H27F3N6O. The van der Waals surface area contributed by atoms with Gasteiger partial charge in [-0.1, -0.05) is 61.9 Å². The van der Waals surface area contributed by atoms with Crippen LogP contribution in [0.1, 0.15) is 56.6 Å².